The van der Waals surface area contributed by atoms with Gasteiger partial charge in [-0.15, -0.1) is 11.3 Å². The van der Waals surface area contributed by atoms with Crippen LogP contribution in [0.15, 0.2) is 5.38 Å². The molecule has 1 aromatic heterocycles. The molecule has 0 saturated heterocycles. The minimum Gasteiger partial charge on any atom is -0.481 e. The fraction of sp³-hybridized carbons (Fsp3) is 0.545. The summed E-state index contributed by atoms with van der Waals surface area (Å²) in [4.78, 5) is 26.0. The topological polar surface area (TPSA) is 79.3 Å². The number of nitrogens with zero attached hydrogens (tertiary/aromatic N) is 1. The summed E-state index contributed by atoms with van der Waals surface area (Å²) in [6.45, 7) is 2.11. The number of anilines is 1. The van der Waals surface area contributed by atoms with E-state index >= 15 is 0 Å². The van der Waals surface area contributed by atoms with Crippen molar-refractivity contribution in [2.24, 2.45) is 0 Å². The number of aromatic nitrogens is 1. The molecule has 0 aliphatic heterocycles. The van der Waals surface area contributed by atoms with E-state index in [9.17, 15) is 9.59 Å². The standard InChI is InChI=1S/C11H16N2O3S2/c1-2-3-4-17-7-9(14)13-11-12-8(6-18-11)5-10(15)16/h6H,2-5,7H2,1H3,(H,15,16)(H,12,13,14). The molecule has 5 nitrogen and oxygen atoms in total. The molecule has 7 heteroatoms. The summed E-state index contributed by atoms with van der Waals surface area (Å²) in [5.41, 5.74) is 0.474. The Kier molecular flexibility index (Phi) is 6.74. The van der Waals surface area contributed by atoms with Crippen LogP contribution in [0.25, 0.3) is 0 Å². The van der Waals surface area contributed by atoms with E-state index in [1.165, 1.54) is 11.3 Å². The second-order valence-corrected chi connectivity index (χ2v) is 5.63. The highest BCUT2D eigenvalue weighted by molar-refractivity contribution is 7.99. The lowest BCUT2D eigenvalue weighted by molar-refractivity contribution is -0.136. The molecule has 1 heterocycles. The van der Waals surface area contributed by atoms with Gasteiger partial charge in [0.2, 0.25) is 5.91 Å². The molecule has 0 spiro atoms. The lowest BCUT2D eigenvalue weighted by Gasteiger charge is -2.01. The number of carbonyl (C=O) groups is 2. The number of carbonyl (C=O) groups excluding carboxylic acids is 1. The Morgan fingerprint density at radius 3 is 3.00 bits per heavy atom. The van der Waals surface area contributed by atoms with Crippen LogP contribution in [0.3, 0.4) is 0 Å². The first-order valence-corrected chi connectivity index (χ1v) is 7.69. The number of carboxylic acid groups (broad SMARTS) is 1. The summed E-state index contributed by atoms with van der Waals surface area (Å²) in [7, 11) is 0. The fourth-order valence-electron chi connectivity index (χ4n) is 1.17. The SMILES string of the molecule is CCCCSCC(=O)Nc1nc(CC(=O)O)cs1. The van der Waals surface area contributed by atoms with Gasteiger partial charge in [-0.1, -0.05) is 13.3 Å². The number of nitrogens with one attached hydrogen (secondary N) is 1. The van der Waals surface area contributed by atoms with Gasteiger partial charge in [0.05, 0.1) is 17.9 Å². The fourth-order valence-corrected chi connectivity index (χ4v) is 2.79. The minimum absolute atomic E-state index is 0.0904. The first kappa shape index (κ1) is 15.0. The van der Waals surface area contributed by atoms with Crippen LogP contribution in [0.5, 0.6) is 0 Å². The van der Waals surface area contributed by atoms with Crippen LogP contribution in [-0.2, 0) is 16.0 Å². The molecule has 0 aliphatic carbocycles. The lowest BCUT2D eigenvalue weighted by Crippen LogP contribution is -2.14. The smallest absolute Gasteiger partial charge is 0.309 e. The van der Waals surface area contributed by atoms with Crippen LogP contribution in [-0.4, -0.2) is 33.5 Å². The molecule has 0 fully saturated rings. The molecule has 0 bridgehead atoms. The molecule has 0 saturated carbocycles. The summed E-state index contributed by atoms with van der Waals surface area (Å²) in [6, 6.07) is 0. The molecule has 1 amide bonds. The zero-order chi connectivity index (χ0) is 13.4. The number of hydrogen-bond donors (Lipinski definition) is 2. The van der Waals surface area contributed by atoms with Crippen molar-refractivity contribution in [1.29, 1.82) is 0 Å². The van der Waals surface area contributed by atoms with E-state index in [1.807, 2.05) is 0 Å². The van der Waals surface area contributed by atoms with Gasteiger partial charge >= 0.3 is 5.97 Å². The van der Waals surface area contributed by atoms with E-state index in [0.29, 0.717) is 16.6 Å². The van der Waals surface area contributed by atoms with E-state index in [-0.39, 0.29) is 12.3 Å². The Balaban J connectivity index is 2.31. The van der Waals surface area contributed by atoms with Gasteiger partial charge in [0.25, 0.3) is 0 Å². The van der Waals surface area contributed by atoms with Crippen molar-refractivity contribution >= 4 is 40.1 Å². The highest BCUT2D eigenvalue weighted by Gasteiger charge is 2.08. The summed E-state index contributed by atoms with van der Waals surface area (Å²) in [5.74, 6) is 0.375. The number of unbranched alkanes of at least 4 members (excludes halogenated alkanes) is 1. The molecule has 1 rings (SSSR count). The van der Waals surface area contributed by atoms with E-state index in [2.05, 4.69) is 17.2 Å². The van der Waals surface area contributed by atoms with Crippen molar-refractivity contribution < 1.29 is 14.7 Å². The van der Waals surface area contributed by atoms with Crippen LogP contribution < -0.4 is 5.32 Å². The van der Waals surface area contributed by atoms with Gasteiger partial charge in [-0.25, -0.2) is 4.98 Å². The van der Waals surface area contributed by atoms with Gasteiger partial charge in [0.1, 0.15) is 0 Å². The normalized spacial score (nSPS) is 10.3. The third-order valence-electron chi connectivity index (χ3n) is 2.01. The Labute approximate surface area is 114 Å². The van der Waals surface area contributed by atoms with Crippen molar-refractivity contribution in [1.82, 2.24) is 4.98 Å². The van der Waals surface area contributed by atoms with Gasteiger partial charge in [0, 0.05) is 5.38 Å². The van der Waals surface area contributed by atoms with Gasteiger partial charge < -0.3 is 10.4 Å². The van der Waals surface area contributed by atoms with Gasteiger partial charge in [0.15, 0.2) is 5.13 Å². The molecule has 1 aromatic rings. The van der Waals surface area contributed by atoms with Crippen molar-refractivity contribution in [3.8, 4) is 0 Å². The van der Waals surface area contributed by atoms with Gasteiger partial charge in [-0.2, -0.15) is 11.8 Å². The average Bonchev–Trinajstić information content (AvgIpc) is 2.71. The maximum absolute atomic E-state index is 11.5. The molecule has 0 aliphatic rings. The summed E-state index contributed by atoms with van der Waals surface area (Å²) < 4.78 is 0. The molecule has 0 unspecified atom stereocenters. The van der Waals surface area contributed by atoms with E-state index < -0.39 is 5.97 Å². The number of hydrogen-bond acceptors (Lipinski definition) is 5. The number of aliphatic carboxylic acids is 1. The summed E-state index contributed by atoms with van der Waals surface area (Å²) >= 11 is 2.84. The van der Waals surface area contributed by atoms with Gasteiger partial charge in [-0.05, 0) is 12.2 Å². The monoisotopic (exact) mass is 288 g/mol. The largest absolute Gasteiger partial charge is 0.481 e. The van der Waals surface area contributed by atoms with Crippen molar-refractivity contribution in [3.05, 3.63) is 11.1 Å². The highest BCUT2D eigenvalue weighted by Crippen LogP contribution is 2.16. The molecule has 0 aromatic carbocycles. The van der Waals surface area contributed by atoms with Crippen LogP contribution in [0, 0.1) is 0 Å². The van der Waals surface area contributed by atoms with Gasteiger partial charge in [-0.3, -0.25) is 9.59 Å². The number of carboxylic acids is 1. The summed E-state index contributed by atoms with van der Waals surface area (Å²) in [6.07, 6.45) is 2.12. The number of rotatable bonds is 8. The zero-order valence-corrected chi connectivity index (χ0v) is 11.8. The molecule has 18 heavy (non-hydrogen) atoms. The second-order valence-electron chi connectivity index (χ2n) is 3.67. The maximum Gasteiger partial charge on any atom is 0.309 e. The average molecular weight is 288 g/mol. The number of amides is 1. The van der Waals surface area contributed by atoms with Crippen LogP contribution in [0.4, 0.5) is 5.13 Å². The Hall–Kier alpha value is -1.08. The van der Waals surface area contributed by atoms with E-state index in [1.54, 1.807) is 17.1 Å². The molecular weight excluding hydrogens is 272 g/mol. The number of thioether (sulfide) groups is 1. The Morgan fingerprint density at radius 2 is 2.33 bits per heavy atom. The zero-order valence-electron chi connectivity index (χ0n) is 10.1. The molecular formula is C11H16N2O3S2. The van der Waals surface area contributed by atoms with E-state index in [0.717, 1.165) is 18.6 Å². The van der Waals surface area contributed by atoms with Crippen molar-refractivity contribution in [2.45, 2.75) is 26.2 Å². The third-order valence-corrected chi connectivity index (χ3v) is 3.86. The molecule has 100 valence electrons. The molecule has 2 N–H and O–H groups in total. The van der Waals surface area contributed by atoms with Crippen LogP contribution in [0.1, 0.15) is 25.5 Å². The Morgan fingerprint density at radius 1 is 1.56 bits per heavy atom. The van der Waals surface area contributed by atoms with Crippen LogP contribution in [0.2, 0.25) is 0 Å². The number of thiazole rings is 1. The van der Waals surface area contributed by atoms with E-state index in [4.69, 9.17) is 5.11 Å². The quantitative estimate of drug-likeness (QED) is 0.717. The Bertz CT molecular complexity index is 407. The predicted molar refractivity (Wildman–Crippen MR) is 74.3 cm³/mol. The first-order valence-electron chi connectivity index (χ1n) is 5.65. The maximum atomic E-state index is 11.5. The molecule has 0 atom stereocenters. The second kappa shape index (κ2) is 8.10. The first-order chi connectivity index (χ1) is 8.61. The van der Waals surface area contributed by atoms with Crippen molar-refractivity contribution in [3.63, 3.8) is 0 Å². The molecule has 0 radical (unpaired) electrons. The summed E-state index contributed by atoms with van der Waals surface area (Å²) in [5, 5.41) is 13.4. The predicted octanol–water partition coefficient (Wildman–Crippen LogP) is 2.24. The lowest BCUT2D eigenvalue weighted by atomic mass is 10.3. The third kappa shape index (κ3) is 6.02. The van der Waals surface area contributed by atoms with Crippen LogP contribution >= 0.6 is 23.1 Å². The van der Waals surface area contributed by atoms with Crippen molar-refractivity contribution in [2.75, 3.05) is 16.8 Å². The highest BCUT2D eigenvalue weighted by atomic mass is 32.2. The minimum atomic E-state index is -0.923.